The van der Waals surface area contributed by atoms with Gasteiger partial charge in [0, 0.05) is 7.11 Å². The molecule has 1 amide bonds. The Kier molecular flexibility index (Phi) is 4.09. The molecule has 0 saturated heterocycles. The molecule has 0 spiro atoms. The maximum absolute atomic E-state index is 12.1. The van der Waals surface area contributed by atoms with Crippen LogP contribution in [0.15, 0.2) is 18.2 Å². The lowest BCUT2D eigenvalue weighted by molar-refractivity contribution is -0.129. The Hall–Kier alpha value is -1.88. The third-order valence-corrected chi connectivity index (χ3v) is 3.95. The van der Waals surface area contributed by atoms with Crippen molar-refractivity contribution in [1.82, 2.24) is 0 Å². The molecule has 1 fully saturated rings. The number of anilines is 1. The van der Waals surface area contributed by atoms with Gasteiger partial charge in [0.25, 0.3) is 0 Å². The van der Waals surface area contributed by atoms with E-state index in [1.54, 1.807) is 26.2 Å². The number of aryl methyl sites for hydroxylation is 1. The highest BCUT2D eigenvalue weighted by Crippen LogP contribution is 2.38. The van der Waals surface area contributed by atoms with Gasteiger partial charge in [-0.15, -0.1) is 0 Å². The number of carboxylic acids is 1. The lowest BCUT2D eigenvalue weighted by atomic mass is 9.77. The Bertz CT molecular complexity index is 529. The SMILES string of the molecule is COC1(CC(=O)Nc2c(C)cccc2C(=O)O)CCC1. The number of carboxylic acid groups (broad SMARTS) is 1. The van der Waals surface area contributed by atoms with Crippen LogP contribution in [0.5, 0.6) is 0 Å². The number of hydrogen-bond acceptors (Lipinski definition) is 3. The van der Waals surface area contributed by atoms with E-state index in [2.05, 4.69) is 5.32 Å². The number of carbonyl (C=O) groups is 2. The molecule has 0 radical (unpaired) electrons. The maximum atomic E-state index is 12.1. The van der Waals surface area contributed by atoms with E-state index < -0.39 is 5.97 Å². The minimum absolute atomic E-state index is 0.110. The third-order valence-electron chi connectivity index (χ3n) is 3.95. The van der Waals surface area contributed by atoms with Crippen LogP contribution in [0.4, 0.5) is 5.69 Å². The molecule has 1 aromatic rings. The third kappa shape index (κ3) is 2.82. The van der Waals surface area contributed by atoms with Gasteiger partial charge in [-0.05, 0) is 37.8 Å². The number of benzene rings is 1. The minimum atomic E-state index is -1.05. The smallest absolute Gasteiger partial charge is 0.337 e. The number of methoxy groups -OCH3 is 1. The standard InChI is InChI=1S/C15H19NO4/c1-10-5-3-6-11(14(18)19)13(10)16-12(17)9-15(20-2)7-4-8-15/h3,5-6H,4,7-9H2,1-2H3,(H,16,17)(H,18,19). The molecular weight excluding hydrogens is 258 g/mol. The van der Waals surface area contributed by atoms with Crippen LogP contribution < -0.4 is 5.32 Å². The largest absolute Gasteiger partial charge is 0.478 e. The van der Waals surface area contributed by atoms with E-state index in [4.69, 9.17) is 9.84 Å². The van der Waals surface area contributed by atoms with Crippen LogP contribution in [0.3, 0.4) is 0 Å². The molecule has 1 aromatic carbocycles. The van der Waals surface area contributed by atoms with Crippen LogP contribution in [0.2, 0.25) is 0 Å². The molecular formula is C15H19NO4. The first-order valence-electron chi connectivity index (χ1n) is 6.65. The summed E-state index contributed by atoms with van der Waals surface area (Å²) in [4.78, 5) is 23.3. The summed E-state index contributed by atoms with van der Waals surface area (Å²) in [5, 5.41) is 11.9. The van der Waals surface area contributed by atoms with Crippen molar-refractivity contribution in [2.24, 2.45) is 0 Å². The summed E-state index contributed by atoms with van der Waals surface area (Å²) in [6, 6.07) is 4.93. The Morgan fingerprint density at radius 3 is 2.60 bits per heavy atom. The van der Waals surface area contributed by atoms with Crippen LogP contribution in [-0.4, -0.2) is 29.7 Å². The number of aromatic carboxylic acids is 1. The van der Waals surface area contributed by atoms with Crippen molar-refractivity contribution in [2.75, 3.05) is 12.4 Å². The number of rotatable bonds is 5. The second kappa shape index (κ2) is 5.63. The van der Waals surface area contributed by atoms with Gasteiger partial charge < -0.3 is 15.2 Å². The fraction of sp³-hybridized carbons (Fsp3) is 0.467. The van der Waals surface area contributed by atoms with Gasteiger partial charge >= 0.3 is 5.97 Å². The predicted octanol–water partition coefficient (Wildman–Crippen LogP) is 2.59. The quantitative estimate of drug-likeness (QED) is 0.867. The Morgan fingerprint density at radius 2 is 2.10 bits per heavy atom. The first-order valence-corrected chi connectivity index (χ1v) is 6.65. The number of ether oxygens (including phenoxy) is 1. The fourth-order valence-corrected chi connectivity index (χ4v) is 2.51. The van der Waals surface area contributed by atoms with Gasteiger partial charge in [-0.3, -0.25) is 4.79 Å². The van der Waals surface area contributed by atoms with Crippen molar-refractivity contribution >= 4 is 17.6 Å². The highest BCUT2D eigenvalue weighted by atomic mass is 16.5. The van der Waals surface area contributed by atoms with Gasteiger partial charge in [0.2, 0.25) is 5.91 Å². The average Bonchev–Trinajstić information content (AvgIpc) is 2.36. The highest BCUT2D eigenvalue weighted by molar-refractivity contribution is 6.01. The zero-order valence-electron chi connectivity index (χ0n) is 11.7. The zero-order valence-corrected chi connectivity index (χ0v) is 11.7. The molecule has 0 bridgehead atoms. The fourth-order valence-electron chi connectivity index (χ4n) is 2.51. The van der Waals surface area contributed by atoms with Gasteiger partial charge in [0.05, 0.1) is 23.3 Å². The van der Waals surface area contributed by atoms with E-state index in [0.717, 1.165) is 24.8 Å². The summed E-state index contributed by atoms with van der Waals surface area (Å²) in [6.07, 6.45) is 3.07. The van der Waals surface area contributed by atoms with Crippen LogP contribution in [-0.2, 0) is 9.53 Å². The first-order chi connectivity index (χ1) is 9.47. The Balaban J connectivity index is 2.13. The van der Waals surface area contributed by atoms with Crippen molar-refractivity contribution in [3.8, 4) is 0 Å². The summed E-state index contributed by atoms with van der Waals surface area (Å²) in [6.45, 7) is 1.78. The van der Waals surface area contributed by atoms with Crippen molar-refractivity contribution in [3.63, 3.8) is 0 Å². The van der Waals surface area contributed by atoms with Crippen LogP contribution in [0.25, 0.3) is 0 Å². The average molecular weight is 277 g/mol. The van der Waals surface area contributed by atoms with Gasteiger partial charge in [-0.2, -0.15) is 0 Å². The van der Waals surface area contributed by atoms with E-state index in [1.165, 1.54) is 6.07 Å². The Morgan fingerprint density at radius 1 is 1.40 bits per heavy atom. The van der Waals surface area contributed by atoms with Crippen LogP contribution >= 0.6 is 0 Å². The molecule has 108 valence electrons. The normalized spacial score (nSPS) is 16.3. The maximum Gasteiger partial charge on any atom is 0.337 e. The number of para-hydroxylation sites is 1. The molecule has 0 unspecified atom stereocenters. The van der Waals surface area contributed by atoms with Gasteiger partial charge in [-0.1, -0.05) is 12.1 Å². The molecule has 0 aromatic heterocycles. The molecule has 5 heteroatoms. The zero-order chi connectivity index (χ0) is 14.8. The lowest BCUT2D eigenvalue weighted by Gasteiger charge is -2.39. The first kappa shape index (κ1) is 14.5. The van der Waals surface area contributed by atoms with E-state index in [0.29, 0.717) is 5.69 Å². The summed E-state index contributed by atoms with van der Waals surface area (Å²) >= 11 is 0. The summed E-state index contributed by atoms with van der Waals surface area (Å²) in [5.74, 6) is -1.25. The number of amides is 1. The molecule has 2 N–H and O–H groups in total. The van der Waals surface area contributed by atoms with Crippen molar-refractivity contribution < 1.29 is 19.4 Å². The molecule has 1 aliphatic carbocycles. The molecule has 20 heavy (non-hydrogen) atoms. The number of hydrogen-bond donors (Lipinski definition) is 2. The van der Waals surface area contributed by atoms with Crippen LogP contribution in [0, 0.1) is 6.92 Å². The van der Waals surface area contributed by atoms with Gasteiger partial charge in [0.1, 0.15) is 0 Å². The van der Waals surface area contributed by atoms with E-state index >= 15 is 0 Å². The van der Waals surface area contributed by atoms with Crippen molar-refractivity contribution in [1.29, 1.82) is 0 Å². The second-order valence-electron chi connectivity index (χ2n) is 5.27. The van der Waals surface area contributed by atoms with E-state index in [9.17, 15) is 9.59 Å². The molecule has 5 nitrogen and oxygen atoms in total. The Labute approximate surface area is 117 Å². The molecule has 0 aliphatic heterocycles. The summed E-state index contributed by atoms with van der Waals surface area (Å²) in [5.41, 5.74) is 0.850. The second-order valence-corrected chi connectivity index (χ2v) is 5.27. The minimum Gasteiger partial charge on any atom is -0.478 e. The van der Waals surface area contributed by atoms with Gasteiger partial charge in [0.15, 0.2) is 0 Å². The molecule has 2 rings (SSSR count). The summed E-state index contributed by atoms with van der Waals surface area (Å²) in [7, 11) is 1.61. The van der Waals surface area contributed by atoms with Crippen molar-refractivity contribution in [2.45, 2.75) is 38.2 Å². The van der Waals surface area contributed by atoms with Crippen LogP contribution in [0.1, 0.15) is 41.6 Å². The lowest BCUT2D eigenvalue weighted by Crippen LogP contribution is -2.42. The van der Waals surface area contributed by atoms with E-state index in [1.807, 2.05) is 0 Å². The number of carbonyl (C=O) groups excluding carboxylic acids is 1. The molecule has 0 heterocycles. The summed E-state index contributed by atoms with van der Waals surface area (Å²) < 4.78 is 5.41. The van der Waals surface area contributed by atoms with Gasteiger partial charge in [-0.25, -0.2) is 4.79 Å². The monoisotopic (exact) mass is 277 g/mol. The predicted molar refractivity (Wildman–Crippen MR) is 75.0 cm³/mol. The van der Waals surface area contributed by atoms with E-state index in [-0.39, 0.29) is 23.5 Å². The molecule has 1 aliphatic rings. The number of nitrogens with one attached hydrogen (secondary N) is 1. The van der Waals surface area contributed by atoms with Crippen molar-refractivity contribution in [3.05, 3.63) is 29.3 Å². The molecule has 0 atom stereocenters. The topological polar surface area (TPSA) is 75.6 Å². The molecule has 1 saturated carbocycles. The highest BCUT2D eigenvalue weighted by Gasteiger charge is 2.39.